The molecule has 1 aromatic heterocycles. The molecule has 1 aliphatic rings. The summed E-state index contributed by atoms with van der Waals surface area (Å²) in [5.41, 5.74) is 9.95. The molecule has 0 aliphatic carbocycles. The third kappa shape index (κ3) is 3.50. The van der Waals surface area contributed by atoms with E-state index in [-0.39, 0.29) is 18.4 Å². The zero-order chi connectivity index (χ0) is 12.4. The number of halogens is 1. The van der Waals surface area contributed by atoms with Crippen molar-refractivity contribution in [2.75, 3.05) is 6.61 Å². The first kappa shape index (κ1) is 15.5. The molecule has 0 spiro atoms. The number of nitrogens with zero attached hydrogens (tertiary/aromatic N) is 1. The molecule has 0 aromatic carbocycles. The van der Waals surface area contributed by atoms with Crippen LogP contribution in [0.25, 0.3) is 0 Å². The topological polar surface area (TPSA) is 40.2 Å². The molecule has 2 N–H and O–H groups in total. The summed E-state index contributed by atoms with van der Waals surface area (Å²) in [7, 11) is 0. The maximum Gasteiger partial charge on any atom is 0.0754 e. The zero-order valence-electron chi connectivity index (χ0n) is 11.6. The molecule has 104 valence electrons. The average Bonchev–Trinajstić information content (AvgIpc) is 2.83. The van der Waals surface area contributed by atoms with Gasteiger partial charge >= 0.3 is 0 Å². The summed E-state index contributed by atoms with van der Waals surface area (Å²) >= 11 is 0. The van der Waals surface area contributed by atoms with E-state index in [9.17, 15) is 0 Å². The number of hydrogen-bond donors (Lipinski definition) is 1. The van der Waals surface area contributed by atoms with Crippen molar-refractivity contribution in [3.63, 3.8) is 0 Å². The van der Waals surface area contributed by atoms with Crippen molar-refractivity contribution < 1.29 is 4.74 Å². The minimum Gasteiger partial charge on any atom is -0.376 e. The van der Waals surface area contributed by atoms with Crippen LogP contribution in [0.1, 0.15) is 36.7 Å². The minimum atomic E-state index is 0. The Labute approximate surface area is 116 Å². The van der Waals surface area contributed by atoms with Gasteiger partial charge in [-0.1, -0.05) is 0 Å². The van der Waals surface area contributed by atoms with E-state index in [4.69, 9.17) is 10.5 Å². The Morgan fingerprint density at radius 2 is 2.22 bits per heavy atom. The van der Waals surface area contributed by atoms with Gasteiger partial charge in [0, 0.05) is 30.6 Å². The van der Waals surface area contributed by atoms with E-state index in [1.54, 1.807) is 0 Å². The molecule has 0 saturated carbocycles. The molecule has 3 nitrogen and oxygen atoms in total. The maximum absolute atomic E-state index is 5.88. The molecule has 0 bridgehead atoms. The highest BCUT2D eigenvalue weighted by Gasteiger charge is 2.18. The Hall–Kier alpha value is -0.510. The number of nitrogens with two attached hydrogens (primary N) is 1. The summed E-state index contributed by atoms with van der Waals surface area (Å²) in [6.45, 7) is 8.35. The van der Waals surface area contributed by atoms with Gasteiger partial charge < -0.3 is 15.0 Å². The molecule has 2 heterocycles. The summed E-state index contributed by atoms with van der Waals surface area (Å²) < 4.78 is 8.09. The summed E-state index contributed by atoms with van der Waals surface area (Å²) in [4.78, 5) is 0. The molecule has 4 heteroatoms. The molecular weight excluding hydrogens is 248 g/mol. The van der Waals surface area contributed by atoms with Gasteiger partial charge in [0.2, 0.25) is 0 Å². The quantitative estimate of drug-likeness (QED) is 0.915. The van der Waals surface area contributed by atoms with Crippen LogP contribution in [0, 0.1) is 13.8 Å². The van der Waals surface area contributed by atoms with Gasteiger partial charge in [-0.2, -0.15) is 0 Å². The second kappa shape index (κ2) is 6.60. The van der Waals surface area contributed by atoms with E-state index < -0.39 is 0 Å². The highest BCUT2D eigenvalue weighted by Crippen LogP contribution is 2.20. The van der Waals surface area contributed by atoms with Crippen molar-refractivity contribution in [1.29, 1.82) is 0 Å². The molecule has 2 unspecified atom stereocenters. The lowest BCUT2D eigenvalue weighted by molar-refractivity contribution is 0.0961. The van der Waals surface area contributed by atoms with Gasteiger partial charge in [-0.05, 0) is 51.7 Å². The molecule has 0 amide bonds. The lowest BCUT2D eigenvalue weighted by Gasteiger charge is -2.15. The van der Waals surface area contributed by atoms with Crippen molar-refractivity contribution in [2.45, 2.75) is 58.7 Å². The van der Waals surface area contributed by atoms with Crippen LogP contribution in [0.4, 0.5) is 0 Å². The van der Waals surface area contributed by atoms with Gasteiger partial charge in [-0.15, -0.1) is 12.4 Å². The van der Waals surface area contributed by atoms with Gasteiger partial charge in [0.15, 0.2) is 0 Å². The standard InChI is InChI=1S/C14H24N2O.ClH/c1-10(15)7-13-8-11(2)16(12(13)3)9-14-5-4-6-17-14;/h8,10,14H,4-7,9,15H2,1-3H3;1H. The fourth-order valence-electron chi connectivity index (χ4n) is 2.70. The summed E-state index contributed by atoms with van der Waals surface area (Å²) in [6.07, 6.45) is 3.77. The molecule has 1 aliphatic heterocycles. The first-order valence-electron chi connectivity index (χ1n) is 6.60. The second-order valence-corrected chi connectivity index (χ2v) is 5.32. The van der Waals surface area contributed by atoms with E-state index in [2.05, 4.69) is 31.4 Å². The van der Waals surface area contributed by atoms with E-state index in [0.717, 1.165) is 19.6 Å². The number of aromatic nitrogens is 1. The Morgan fingerprint density at radius 3 is 2.78 bits per heavy atom. The molecule has 1 saturated heterocycles. The Morgan fingerprint density at radius 1 is 1.50 bits per heavy atom. The summed E-state index contributed by atoms with van der Waals surface area (Å²) in [5.74, 6) is 0. The number of hydrogen-bond acceptors (Lipinski definition) is 2. The van der Waals surface area contributed by atoms with Gasteiger partial charge in [0.1, 0.15) is 0 Å². The molecular formula is C14H25ClN2O. The molecule has 0 radical (unpaired) electrons. The number of rotatable bonds is 4. The van der Waals surface area contributed by atoms with Crippen LogP contribution < -0.4 is 5.73 Å². The predicted octanol–water partition coefficient (Wildman–Crippen LogP) is 2.60. The van der Waals surface area contributed by atoms with Crippen LogP contribution in [-0.2, 0) is 17.7 Å². The second-order valence-electron chi connectivity index (χ2n) is 5.32. The highest BCUT2D eigenvalue weighted by atomic mass is 35.5. The molecule has 1 fully saturated rings. The van der Waals surface area contributed by atoms with Crippen molar-refractivity contribution >= 4 is 12.4 Å². The Kier molecular flexibility index (Phi) is 5.70. The third-order valence-electron chi connectivity index (χ3n) is 3.63. The number of aryl methyl sites for hydroxylation is 1. The lowest BCUT2D eigenvalue weighted by atomic mass is 10.1. The average molecular weight is 273 g/mol. The van der Waals surface area contributed by atoms with Crippen LogP contribution in [-0.4, -0.2) is 23.3 Å². The lowest BCUT2D eigenvalue weighted by Crippen LogP contribution is -2.19. The first-order valence-corrected chi connectivity index (χ1v) is 6.60. The normalized spacial score (nSPS) is 20.8. The van der Waals surface area contributed by atoms with Gasteiger partial charge in [0.05, 0.1) is 6.10 Å². The Bertz CT molecular complexity index is 381. The smallest absolute Gasteiger partial charge is 0.0754 e. The SMILES string of the molecule is Cc1cc(CC(C)N)c(C)n1CC1CCCO1.Cl. The molecule has 2 atom stereocenters. The largest absolute Gasteiger partial charge is 0.376 e. The van der Waals surface area contributed by atoms with Crippen LogP contribution >= 0.6 is 12.4 Å². The maximum atomic E-state index is 5.88. The van der Waals surface area contributed by atoms with Crippen LogP contribution in [0.5, 0.6) is 0 Å². The molecule has 1 aromatic rings. The monoisotopic (exact) mass is 272 g/mol. The van der Waals surface area contributed by atoms with Gasteiger partial charge in [0.25, 0.3) is 0 Å². The summed E-state index contributed by atoms with van der Waals surface area (Å²) in [5, 5.41) is 0. The van der Waals surface area contributed by atoms with Gasteiger partial charge in [-0.25, -0.2) is 0 Å². The fourth-order valence-corrected chi connectivity index (χ4v) is 2.70. The predicted molar refractivity (Wildman–Crippen MR) is 77.5 cm³/mol. The summed E-state index contributed by atoms with van der Waals surface area (Å²) in [6, 6.07) is 2.50. The number of ether oxygens (including phenoxy) is 1. The van der Waals surface area contributed by atoms with Crippen molar-refractivity contribution in [3.05, 3.63) is 23.0 Å². The van der Waals surface area contributed by atoms with Crippen molar-refractivity contribution in [1.82, 2.24) is 4.57 Å². The third-order valence-corrected chi connectivity index (χ3v) is 3.63. The van der Waals surface area contributed by atoms with Gasteiger partial charge in [-0.3, -0.25) is 0 Å². The van der Waals surface area contributed by atoms with Crippen molar-refractivity contribution in [3.8, 4) is 0 Å². The van der Waals surface area contributed by atoms with Crippen LogP contribution in [0.15, 0.2) is 6.07 Å². The first-order chi connectivity index (χ1) is 8.08. The van der Waals surface area contributed by atoms with E-state index in [1.165, 1.54) is 29.8 Å². The zero-order valence-corrected chi connectivity index (χ0v) is 12.4. The molecule has 2 rings (SSSR count). The van der Waals surface area contributed by atoms with Crippen molar-refractivity contribution in [2.24, 2.45) is 5.73 Å². The highest BCUT2D eigenvalue weighted by molar-refractivity contribution is 5.85. The fraction of sp³-hybridized carbons (Fsp3) is 0.714. The van der Waals surface area contributed by atoms with E-state index in [0.29, 0.717) is 6.10 Å². The molecule has 18 heavy (non-hydrogen) atoms. The van der Waals surface area contributed by atoms with E-state index in [1.807, 2.05) is 0 Å². The van der Waals surface area contributed by atoms with E-state index >= 15 is 0 Å². The van der Waals surface area contributed by atoms with Crippen LogP contribution in [0.2, 0.25) is 0 Å². The van der Waals surface area contributed by atoms with Crippen LogP contribution in [0.3, 0.4) is 0 Å². The Balaban J connectivity index is 0.00000162. The minimum absolute atomic E-state index is 0.